The number of piperidine rings is 1. The van der Waals surface area contributed by atoms with Crippen molar-refractivity contribution < 1.29 is 14.7 Å². The highest BCUT2D eigenvalue weighted by atomic mass is 32.2. The van der Waals surface area contributed by atoms with Crippen LogP contribution >= 0.6 is 11.8 Å². The van der Waals surface area contributed by atoms with Crippen LogP contribution in [-0.2, 0) is 9.59 Å². The molecule has 2 saturated heterocycles. The lowest BCUT2D eigenvalue weighted by atomic mass is 9.98. The highest BCUT2D eigenvalue weighted by Crippen LogP contribution is 2.18. The summed E-state index contributed by atoms with van der Waals surface area (Å²) in [5, 5.41) is 12.3. The molecule has 1 amide bonds. The second kappa shape index (κ2) is 6.43. The van der Waals surface area contributed by atoms with Crippen molar-refractivity contribution in [2.24, 2.45) is 5.92 Å². The minimum Gasteiger partial charge on any atom is -0.481 e. The van der Waals surface area contributed by atoms with Gasteiger partial charge in [0.1, 0.15) is 0 Å². The number of amides is 1. The van der Waals surface area contributed by atoms with Gasteiger partial charge < -0.3 is 15.3 Å². The van der Waals surface area contributed by atoms with Crippen molar-refractivity contribution in [2.75, 3.05) is 31.1 Å². The third-order valence-electron chi connectivity index (χ3n) is 3.54. The number of hydrogen-bond acceptors (Lipinski definition) is 4. The van der Waals surface area contributed by atoms with Crippen LogP contribution in [0, 0.1) is 5.92 Å². The maximum atomic E-state index is 12.1. The highest BCUT2D eigenvalue weighted by molar-refractivity contribution is 7.99. The van der Waals surface area contributed by atoms with Crippen LogP contribution in [0.25, 0.3) is 0 Å². The van der Waals surface area contributed by atoms with Gasteiger partial charge in [-0.25, -0.2) is 0 Å². The van der Waals surface area contributed by atoms with Gasteiger partial charge in [-0.3, -0.25) is 9.59 Å². The maximum absolute atomic E-state index is 12.1. The van der Waals surface area contributed by atoms with Crippen molar-refractivity contribution >= 4 is 23.6 Å². The minimum absolute atomic E-state index is 0.0981. The Morgan fingerprint density at radius 3 is 2.94 bits per heavy atom. The van der Waals surface area contributed by atoms with Gasteiger partial charge in [0.15, 0.2) is 0 Å². The summed E-state index contributed by atoms with van der Waals surface area (Å²) in [6.07, 6.45) is 1.99. The van der Waals surface area contributed by atoms with E-state index in [-0.39, 0.29) is 17.9 Å². The molecule has 0 aromatic carbocycles. The smallest absolute Gasteiger partial charge is 0.308 e. The van der Waals surface area contributed by atoms with Gasteiger partial charge in [0.05, 0.1) is 5.92 Å². The van der Waals surface area contributed by atoms with Crippen LogP contribution in [-0.4, -0.2) is 59.1 Å². The lowest BCUT2D eigenvalue weighted by molar-refractivity contribution is -0.145. The third-order valence-corrected chi connectivity index (χ3v) is 4.67. The zero-order valence-corrected chi connectivity index (χ0v) is 11.2. The average molecular weight is 272 g/mol. The molecule has 5 nitrogen and oxygen atoms in total. The second-order valence-corrected chi connectivity index (χ2v) is 6.10. The van der Waals surface area contributed by atoms with Crippen LogP contribution < -0.4 is 5.32 Å². The molecule has 0 radical (unpaired) electrons. The van der Waals surface area contributed by atoms with Crippen LogP contribution in [0.5, 0.6) is 0 Å². The molecule has 2 aliphatic rings. The van der Waals surface area contributed by atoms with E-state index in [1.165, 1.54) is 0 Å². The first-order valence-corrected chi connectivity index (χ1v) is 7.64. The molecule has 0 aromatic heterocycles. The quantitative estimate of drug-likeness (QED) is 0.778. The molecule has 2 heterocycles. The summed E-state index contributed by atoms with van der Waals surface area (Å²) in [6, 6.07) is 0.251. The Balaban J connectivity index is 1.82. The molecule has 2 fully saturated rings. The SMILES string of the molecule is O=C(O)C1CCCN(C(=O)CC2CSCCN2)C1. The Labute approximate surface area is 111 Å². The van der Waals surface area contributed by atoms with Gasteiger partial charge in [-0.1, -0.05) is 0 Å². The van der Waals surface area contributed by atoms with E-state index in [0.29, 0.717) is 25.9 Å². The minimum atomic E-state index is -0.779. The fourth-order valence-corrected chi connectivity index (χ4v) is 3.45. The number of rotatable bonds is 3. The Bertz CT molecular complexity index is 318. The van der Waals surface area contributed by atoms with E-state index < -0.39 is 5.97 Å². The number of thioether (sulfide) groups is 1. The molecule has 0 saturated carbocycles. The van der Waals surface area contributed by atoms with Gasteiger partial charge in [0.2, 0.25) is 5.91 Å². The Morgan fingerprint density at radius 2 is 2.28 bits per heavy atom. The first-order valence-electron chi connectivity index (χ1n) is 6.48. The van der Waals surface area contributed by atoms with Crippen molar-refractivity contribution in [3.05, 3.63) is 0 Å². The lowest BCUT2D eigenvalue weighted by Gasteiger charge is -2.32. The molecule has 102 valence electrons. The standard InChI is InChI=1S/C12H20N2O3S/c15-11(6-10-8-18-5-3-13-10)14-4-1-2-9(7-14)12(16)17/h9-10,13H,1-8H2,(H,16,17). The molecule has 2 atom stereocenters. The molecule has 2 rings (SSSR count). The number of carbonyl (C=O) groups excluding carboxylic acids is 1. The Kier molecular flexibility index (Phi) is 4.88. The van der Waals surface area contributed by atoms with E-state index in [1.54, 1.807) is 4.90 Å². The molecular weight excluding hydrogens is 252 g/mol. The van der Waals surface area contributed by atoms with Gasteiger partial charge in [0.25, 0.3) is 0 Å². The van der Waals surface area contributed by atoms with E-state index in [1.807, 2.05) is 11.8 Å². The molecule has 18 heavy (non-hydrogen) atoms. The van der Waals surface area contributed by atoms with Crippen LogP contribution in [0.4, 0.5) is 0 Å². The number of likely N-dealkylation sites (tertiary alicyclic amines) is 1. The number of carbonyl (C=O) groups is 2. The van der Waals surface area contributed by atoms with E-state index in [9.17, 15) is 9.59 Å². The summed E-state index contributed by atoms with van der Waals surface area (Å²) in [6.45, 7) is 2.05. The predicted octanol–water partition coefficient (Wildman–Crippen LogP) is 0.405. The normalized spacial score (nSPS) is 29.0. The lowest BCUT2D eigenvalue weighted by Crippen LogP contribution is -2.46. The van der Waals surface area contributed by atoms with Gasteiger partial charge in [-0.05, 0) is 12.8 Å². The van der Waals surface area contributed by atoms with Crippen LogP contribution in [0.15, 0.2) is 0 Å². The molecule has 2 unspecified atom stereocenters. The molecule has 6 heteroatoms. The van der Waals surface area contributed by atoms with Crippen LogP contribution in [0.1, 0.15) is 19.3 Å². The van der Waals surface area contributed by atoms with Crippen molar-refractivity contribution in [1.82, 2.24) is 10.2 Å². The van der Waals surface area contributed by atoms with E-state index in [2.05, 4.69) is 5.32 Å². The van der Waals surface area contributed by atoms with Crippen LogP contribution in [0.2, 0.25) is 0 Å². The zero-order valence-electron chi connectivity index (χ0n) is 10.4. The Morgan fingerprint density at radius 1 is 1.44 bits per heavy atom. The van der Waals surface area contributed by atoms with E-state index >= 15 is 0 Å². The number of nitrogens with zero attached hydrogens (tertiary/aromatic N) is 1. The average Bonchev–Trinajstić information content (AvgIpc) is 2.40. The molecule has 0 spiro atoms. The molecule has 0 bridgehead atoms. The third kappa shape index (κ3) is 3.62. The van der Waals surface area contributed by atoms with Crippen molar-refractivity contribution in [3.63, 3.8) is 0 Å². The first-order chi connectivity index (χ1) is 8.66. The summed E-state index contributed by atoms with van der Waals surface area (Å²) in [5.41, 5.74) is 0. The van der Waals surface area contributed by atoms with Crippen molar-refractivity contribution in [3.8, 4) is 0 Å². The van der Waals surface area contributed by atoms with Gasteiger partial charge in [-0.2, -0.15) is 11.8 Å². The monoisotopic (exact) mass is 272 g/mol. The molecular formula is C12H20N2O3S. The van der Waals surface area contributed by atoms with E-state index in [4.69, 9.17) is 5.11 Å². The number of carboxylic acid groups (broad SMARTS) is 1. The van der Waals surface area contributed by atoms with Gasteiger partial charge >= 0.3 is 5.97 Å². The van der Waals surface area contributed by atoms with Gasteiger partial charge in [-0.15, -0.1) is 0 Å². The van der Waals surface area contributed by atoms with Crippen molar-refractivity contribution in [2.45, 2.75) is 25.3 Å². The molecule has 0 aromatic rings. The molecule has 2 aliphatic heterocycles. The van der Waals surface area contributed by atoms with Crippen LogP contribution in [0.3, 0.4) is 0 Å². The summed E-state index contributed by atoms with van der Waals surface area (Å²) >= 11 is 1.87. The molecule has 0 aliphatic carbocycles. The number of nitrogens with one attached hydrogen (secondary N) is 1. The topological polar surface area (TPSA) is 69.6 Å². The highest BCUT2D eigenvalue weighted by Gasteiger charge is 2.29. The second-order valence-electron chi connectivity index (χ2n) is 4.95. The summed E-state index contributed by atoms with van der Waals surface area (Å²) < 4.78 is 0. The van der Waals surface area contributed by atoms with Gasteiger partial charge in [0, 0.05) is 43.6 Å². The largest absolute Gasteiger partial charge is 0.481 e. The summed E-state index contributed by atoms with van der Waals surface area (Å²) in [5.74, 6) is 1.02. The summed E-state index contributed by atoms with van der Waals surface area (Å²) in [7, 11) is 0. The molecule has 2 N–H and O–H groups in total. The zero-order chi connectivity index (χ0) is 13.0. The predicted molar refractivity (Wildman–Crippen MR) is 70.7 cm³/mol. The maximum Gasteiger partial charge on any atom is 0.308 e. The Hall–Kier alpha value is -0.750. The van der Waals surface area contributed by atoms with Crippen molar-refractivity contribution in [1.29, 1.82) is 0 Å². The first kappa shape index (κ1) is 13.7. The number of aliphatic carboxylic acids is 1. The number of carboxylic acids is 1. The summed E-state index contributed by atoms with van der Waals surface area (Å²) in [4.78, 5) is 24.8. The number of hydrogen-bond donors (Lipinski definition) is 2. The fourth-order valence-electron chi connectivity index (χ4n) is 2.50. The fraction of sp³-hybridized carbons (Fsp3) is 0.833. The van der Waals surface area contributed by atoms with E-state index in [0.717, 1.165) is 24.5 Å².